The van der Waals surface area contributed by atoms with Crippen LogP contribution in [0.4, 0.5) is 5.82 Å². The predicted molar refractivity (Wildman–Crippen MR) is 130 cm³/mol. The molecule has 0 fully saturated rings. The molecule has 1 aromatic carbocycles. The second kappa shape index (κ2) is 8.81. The summed E-state index contributed by atoms with van der Waals surface area (Å²) in [5.41, 5.74) is 1.95. The highest BCUT2D eigenvalue weighted by Gasteiger charge is 2.25. The van der Waals surface area contributed by atoms with Crippen LogP contribution in [0.2, 0.25) is 5.15 Å². The van der Waals surface area contributed by atoms with Gasteiger partial charge in [-0.1, -0.05) is 18.2 Å². The van der Waals surface area contributed by atoms with E-state index in [1.807, 2.05) is 6.92 Å². The zero-order chi connectivity index (χ0) is 25.7. The first-order valence-corrected chi connectivity index (χ1v) is 12.2. The third-order valence-electron chi connectivity index (χ3n) is 5.45. The van der Waals surface area contributed by atoms with Gasteiger partial charge in [0.05, 0.1) is 24.2 Å². The zero-order valence-corrected chi connectivity index (χ0v) is 20.7. The molecule has 2 N–H and O–H groups in total. The van der Waals surface area contributed by atoms with Crippen molar-refractivity contribution in [3.8, 4) is 17.1 Å². The monoisotopic (exact) mass is 513 g/mol. The predicted octanol–water partition coefficient (Wildman–Crippen LogP) is 4.20. The van der Waals surface area contributed by atoms with Gasteiger partial charge in [-0.05, 0) is 50.6 Å². The molecule has 0 spiro atoms. The van der Waals surface area contributed by atoms with Crippen molar-refractivity contribution in [2.24, 2.45) is 12.2 Å². The van der Waals surface area contributed by atoms with Crippen molar-refractivity contribution < 1.29 is 17.6 Å². The molecule has 0 amide bonds. The van der Waals surface area contributed by atoms with Gasteiger partial charge in [0, 0.05) is 11.1 Å². The number of benzene rings is 1. The fourth-order valence-electron chi connectivity index (χ4n) is 3.80. The molecule has 0 aliphatic heterocycles. The normalized spacial score (nSPS) is 12.5. The molecule has 4 aromatic rings. The van der Waals surface area contributed by atoms with Gasteiger partial charge in [0.2, 0.25) is 5.03 Å². The molecule has 0 bridgehead atoms. The van der Waals surface area contributed by atoms with E-state index in [1.54, 1.807) is 33.0 Å². The summed E-state index contributed by atoms with van der Waals surface area (Å²) in [6, 6.07) is 6.20. The molecule has 3 heterocycles. The summed E-state index contributed by atoms with van der Waals surface area (Å²) in [6.07, 6.45) is 0.685. The zero-order valence-electron chi connectivity index (χ0n) is 19.2. The van der Waals surface area contributed by atoms with Crippen LogP contribution >= 0.6 is 11.6 Å². The Hall–Kier alpha value is -3.72. The number of nitrogens with zero attached hydrogens (tertiary/aromatic N) is 4. The fraction of sp³-hybridized carbons (Fsp3) is 0.217. The number of fused-ring (bicyclic) bond motifs is 1. The topological polar surface area (TPSA) is 135 Å². The molecule has 0 saturated carbocycles. The van der Waals surface area contributed by atoms with E-state index < -0.39 is 21.2 Å². The molecule has 12 heteroatoms. The highest BCUT2D eigenvalue weighted by atomic mass is 35.5. The fourth-order valence-corrected chi connectivity index (χ4v) is 4.62. The van der Waals surface area contributed by atoms with Gasteiger partial charge in [-0.3, -0.25) is 4.79 Å². The molecule has 10 nitrogen and oxygen atoms in total. The van der Waals surface area contributed by atoms with Crippen LogP contribution < -0.4 is 15.3 Å². The number of hydrogen-bond donors (Lipinski definition) is 1. The van der Waals surface area contributed by atoms with Crippen LogP contribution in [0.15, 0.2) is 44.7 Å². The van der Waals surface area contributed by atoms with Crippen LogP contribution in [0.3, 0.4) is 0 Å². The molecule has 0 aliphatic rings. The number of pyridine rings is 1. The lowest BCUT2D eigenvalue weighted by molar-refractivity contribution is 0.219. The van der Waals surface area contributed by atoms with Crippen molar-refractivity contribution in [3.63, 3.8) is 0 Å². The first kappa shape index (κ1) is 24.4. The van der Waals surface area contributed by atoms with Crippen LogP contribution in [-0.2, 0) is 17.1 Å². The van der Waals surface area contributed by atoms with Crippen molar-refractivity contribution in [1.29, 1.82) is 0 Å². The van der Waals surface area contributed by atoms with Crippen LogP contribution in [0.5, 0.6) is 5.75 Å². The molecular formula is C23H20ClN5O5S. The minimum Gasteiger partial charge on any atom is -0.483 e. The highest BCUT2D eigenvalue weighted by molar-refractivity contribution is 7.89. The standard InChI is InChI=1S/C23H20ClN5O5S/c1-11-8-14(13(3)33-17-6-7-18(24)28-23(17)35(25,31)32)21-15(9-11)19(30)12(2)20(34-21)16-10-27-29(5)22(16)26-4/h6-10,13H,1-3,5H3,(H2,25,31,32)/t13-/m1/s1. The van der Waals surface area contributed by atoms with Gasteiger partial charge < -0.3 is 14.0 Å². The Morgan fingerprint density at radius 3 is 2.66 bits per heavy atom. The summed E-state index contributed by atoms with van der Waals surface area (Å²) in [5.74, 6) is 0.340. The van der Waals surface area contributed by atoms with E-state index >= 15 is 0 Å². The average Bonchev–Trinajstić information content (AvgIpc) is 3.16. The molecule has 1 atom stereocenters. The molecule has 0 radical (unpaired) electrons. The second-order valence-electron chi connectivity index (χ2n) is 7.98. The highest BCUT2D eigenvalue weighted by Crippen LogP contribution is 2.36. The summed E-state index contributed by atoms with van der Waals surface area (Å²) >= 11 is 5.85. The Morgan fingerprint density at radius 2 is 2.00 bits per heavy atom. The largest absolute Gasteiger partial charge is 0.483 e. The third kappa shape index (κ3) is 4.39. The van der Waals surface area contributed by atoms with Crippen molar-refractivity contribution in [3.05, 3.63) is 73.9 Å². The van der Waals surface area contributed by atoms with E-state index in [1.165, 1.54) is 23.0 Å². The number of ether oxygens (including phenoxy) is 1. The lowest BCUT2D eigenvalue weighted by Gasteiger charge is -2.19. The Bertz CT molecular complexity index is 1700. The lowest BCUT2D eigenvalue weighted by atomic mass is 10.0. The minimum atomic E-state index is -4.23. The van der Waals surface area contributed by atoms with E-state index in [0.717, 1.165) is 5.56 Å². The summed E-state index contributed by atoms with van der Waals surface area (Å²) < 4.78 is 37.6. The molecule has 35 heavy (non-hydrogen) atoms. The number of halogens is 1. The van der Waals surface area contributed by atoms with Crippen molar-refractivity contribution >= 4 is 38.4 Å². The van der Waals surface area contributed by atoms with Crippen molar-refractivity contribution in [2.45, 2.75) is 31.9 Å². The van der Waals surface area contributed by atoms with Gasteiger partial charge in [-0.15, -0.1) is 5.10 Å². The first-order chi connectivity index (χ1) is 16.4. The number of rotatable bonds is 5. The van der Waals surface area contributed by atoms with Crippen molar-refractivity contribution in [1.82, 2.24) is 14.8 Å². The van der Waals surface area contributed by atoms with Crippen LogP contribution in [0, 0.1) is 20.4 Å². The second-order valence-corrected chi connectivity index (χ2v) is 9.84. The minimum absolute atomic E-state index is 0.0618. The van der Waals surface area contributed by atoms with Crippen LogP contribution in [0.25, 0.3) is 27.1 Å². The van der Waals surface area contributed by atoms with Crippen molar-refractivity contribution in [2.75, 3.05) is 0 Å². The van der Waals surface area contributed by atoms with Gasteiger partial charge in [-0.2, -0.15) is 0 Å². The van der Waals surface area contributed by atoms with Gasteiger partial charge in [-0.25, -0.2) is 23.2 Å². The number of primary sulfonamides is 1. The maximum atomic E-state index is 13.3. The quantitative estimate of drug-likeness (QED) is 0.312. The third-order valence-corrected chi connectivity index (χ3v) is 6.49. The maximum Gasteiger partial charge on any atom is 0.262 e. The Balaban J connectivity index is 1.93. The van der Waals surface area contributed by atoms with Crippen LogP contribution in [-0.4, -0.2) is 23.2 Å². The lowest BCUT2D eigenvalue weighted by Crippen LogP contribution is -2.17. The van der Waals surface area contributed by atoms with Gasteiger partial charge in [0.15, 0.2) is 11.2 Å². The smallest absolute Gasteiger partial charge is 0.262 e. The number of nitrogens with two attached hydrogens (primary N) is 1. The molecular weight excluding hydrogens is 494 g/mol. The van der Waals surface area contributed by atoms with Gasteiger partial charge in [0.1, 0.15) is 22.6 Å². The van der Waals surface area contributed by atoms with E-state index in [9.17, 15) is 13.2 Å². The molecule has 0 aliphatic carbocycles. The van der Waals surface area contributed by atoms with E-state index in [0.29, 0.717) is 22.1 Å². The SMILES string of the molecule is [C-]#[N+]c1c(-c2oc3c([C@@H](C)Oc4ccc(Cl)nc4S(N)(=O)=O)cc(C)cc3c(=O)c2C)cnn1C. The maximum absolute atomic E-state index is 13.3. The van der Waals surface area contributed by atoms with E-state index in [-0.39, 0.29) is 33.5 Å². The Labute approximate surface area is 205 Å². The number of aromatic nitrogens is 3. The molecule has 0 unspecified atom stereocenters. The number of sulfonamides is 1. The Morgan fingerprint density at radius 1 is 1.29 bits per heavy atom. The summed E-state index contributed by atoms with van der Waals surface area (Å²) in [7, 11) is -2.60. The van der Waals surface area contributed by atoms with E-state index in [4.69, 9.17) is 32.5 Å². The number of hydrogen-bond acceptors (Lipinski definition) is 7. The van der Waals surface area contributed by atoms with E-state index in [2.05, 4.69) is 14.9 Å². The molecule has 180 valence electrons. The summed E-state index contributed by atoms with van der Waals surface area (Å²) in [6.45, 7) is 12.6. The first-order valence-electron chi connectivity index (χ1n) is 10.3. The molecule has 4 rings (SSSR count). The van der Waals surface area contributed by atoms with Gasteiger partial charge >= 0.3 is 0 Å². The molecule has 3 aromatic heterocycles. The number of aryl methyl sites for hydroxylation is 2. The summed E-state index contributed by atoms with van der Waals surface area (Å²) in [5, 5.41) is 9.15. The Kier molecular flexibility index (Phi) is 6.14. The summed E-state index contributed by atoms with van der Waals surface area (Å²) in [4.78, 5) is 20.6. The average molecular weight is 514 g/mol. The van der Waals surface area contributed by atoms with Crippen LogP contribution in [0.1, 0.15) is 29.7 Å². The molecule has 0 saturated heterocycles. The van der Waals surface area contributed by atoms with Gasteiger partial charge in [0.25, 0.3) is 15.8 Å².